The largest absolute Gasteiger partial charge is 0.363 e. The molecule has 1 atom stereocenters. The number of carbonyl (C=O) groups excluding carboxylic acids is 1. The molecule has 4 heteroatoms. The lowest BCUT2D eigenvalue weighted by Crippen LogP contribution is -2.38. The van der Waals surface area contributed by atoms with Gasteiger partial charge in [-0.05, 0) is 70.6 Å². The lowest BCUT2D eigenvalue weighted by atomic mass is 9.71. The first kappa shape index (κ1) is 24.3. The van der Waals surface area contributed by atoms with Crippen LogP contribution in [0.15, 0.2) is 48.7 Å². The van der Waals surface area contributed by atoms with Crippen LogP contribution in [0, 0.1) is 20.8 Å². The van der Waals surface area contributed by atoms with Crippen molar-refractivity contribution in [3.05, 3.63) is 82.0 Å². The molecule has 1 aliphatic rings. The van der Waals surface area contributed by atoms with Crippen molar-refractivity contribution >= 4 is 11.6 Å². The van der Waals surface area contributed by atoms with Crippen LogP contribution in [0.2, 0.25) is 0 Å². The third-order valence-electron chi connectivity index (χ3n) is 7.97. The fourth-order valence-electron chi connectivity index (χ4n) is 5.68. The fraction of sp³-hybridized carbons (Fsp3) is 0.467. The van der Waals surface area contributed by atoms with Gasteiger partial charge in [-0.3, -0.25) is 4.79 Å². The van der Waals surface area contributed by atoms with Gasteiger partial charge >= 0.3 is 0 Å². The summed E-state index contributed by atoms with van der Waals surface area (Å²) in [7, 11) is 0. The molecule has 1 aromatic heterocycles. The number of hydrogen-bond acceptors (Lipinski definition) is 3. The number of hydrogen-bond donors (Lipinski definition) is 1. The molecule has 4 rings (SSSR count). The minimum atomic E-state index is -0.190. The van der Waals surface area contributed by atoms with Crippen molar-refractivity contribution in [2.75, 3.05) is 5.32 Å². The number of benzene rings is 2. The second kappa shape index (κ2) is 9.05. The Morgan fingerprint density at radius 2 is 1.71 bits per heavy atom. The van der Waals surface area contributed by atoms with Crippen LogP contribution in [-0.2, 0) is 11.0 Å². The average molecular weight is 458 g/mol. The van der Waals surface area contributed by atoms with Crippen LogP contribution in [0.25, 0.3) is 0 Å². The molecule has 180 valence electrons. The fourth-order valence-corrected chi connectivity index (χ4v) is 5.68. The monoisotopic (exact) mass is 457 g/mol. The van der Waals surface area contributed by atoms with Gasteiger partial charge in [0.2, 0.25) is 0 Å². The van der Waals surface area contributed by atoms with Crippen LogP contribution < -0.4 is 5.32 Å². The summed E-state index contributed by atoms with van der Waals surface area (Å²) >= 11 is 0. The smallest absolute Gasteiger partial charge is 0.169 e. The van der Waals surface area contributed by atoms with Crippen LogP contribution >= 0.6 is 0 Å². The molecule has 0 amide bonds. The van der Waals surface area contributed by atoms with E-state index in [1.54, 1.807) is 6.20 Å². The Kier molecular flexibility index (Phi) is 6.46. The molecular weight excluding hydrogens is 418 g/mol. The van der Waals surface area contributed by atoms with Gasteiger partial charge in [-0.2, -0.15) is 5.10 Å². The summed E-state index contributed by atoms with van der Waals surface area (Å²) in [4.78, 5) is 13.8. The molecule has 0 radical (unpaired) electrons. The molecule has 4 nitrogen and oxygen atoms in total. The van der Waals surface area contributed by atoms with Crippen molar-refractivity contribution in [1.29, 1.82) is 0 Å². The molecule has 3 aromatic rings. The van der Waals surface area contributed by atoms with Gasteiger partial charge in [0.15, 0.2) is 5.78 Å². The van der Waals surface area contributed by atoms with Gasteiger partial charge in [0.25, 0.3) is 0 Å². The zero-order valence-electron chi connectivity index (χ0n) is 21.8. The highest BCUT2D eigenvalue weighted by Gasteiger charge is 2.39. The SMILES string of the molecule is CCC(CC)(CC(=O)c1cnn2c1NC(c1ccc(C)cc1C)CC2(C)C)c1ccc(C)cc1. The predicted octanol–water partition coefficient (Wildman–Crippen LogP) is 7.43. The Labute approximate surface area is 204 Å². The minimum Gasteiger partial charge on any atom is -0.363 e. The third kappa shape index (κ3) is 4.31. The Morgan fingerprint density at radius 3 is 2.32 bits per heavy atom. The molecule has 2 aromatic carbocycles. The van der Waals surface area contributed by atoms with Crippen molar-refractivity contribution in [3.63, 3.8) is 0 Å². The average Bonchev–Trinajstić information content (AvgIpc) is 3.23. The molecule has 0 aliphatic carbocycles. The van der Waals surface area contributed by atoms with Crippen molar-refractivity contribution in [1.82, 2.24) is 9.78 Å². The van der Waals surface area contributed by atoms with Gasteiger partial charge in [-0.1, -0.05) is 67.4 Å². The Hall–Kier alpha value is -2.88. The zero-order valence-corrected chi connectivity index (χ0v) is 21.8. The maximum Gasteiger partial charge on any atom is 0.169 e. The van der Waals surface area contributed by atoms with Gasteiger partial charge in [0.1, 0.15) is 5.82 Å². The van der Waals surface area contributed by atoms with E-state index in [1.807, 2.05) is 4.68 Å². The van der Waals surface area contributed by atoms with E-state index >= 15 is 0 Å². The number of rotatable bonds is 7. The number of nitrogens with zero attached hydrogens (tertiary/aromatic N) is 2. The number of aromatic nitrogens is 2. The first-order valence-electron chi connectivity index (χ1n) is 12.6. The molecule has 0 spiro atoms. The van der Waals surface area contributed by atoms with Crippen LogP contribution in [-0.4, -0.2) is 15.6 Å². The normalized spacial score (nSPS) is 17.2. The Balaban J connectivity index is 1.69. The van der Waals surface area contributed by atoms with Crippen LogP contribution in [0.1, 0.15) is 97.6 Å². The third-order valence-corrected chi connectivity index (χ3v) is 7.97. The topological polar surface area (TPSA) is 46.9 Å². The van der Waals surface area contributed by atoms with Crippen molar-refractivity contribution in [2.45, 2.75) is 91.1 Å². The van der Waals surface area contributed by atoms with Crippen LogP contribution in [0.4, 0.5) is 5.82 Å². The Bertz CT molecular complexity index is 1180. The minimum absolute atomic E-state index is 0.144. The van der Waals surface area contributed by atoms with E-state index in [4.69, 9.17) is 5.10 Å². The first-order chi connectivity index (χ1) is 16.1. The van der Waals surface area contributed by atoms with Crippen molar-refractivity contribution < 1.29 is 4.79 Å². The van der Waals surface area contributed by atoms with Gasteiger partial charge in [0.05, 0.1) is 23.3 Å². The highest BCUT2D eigenvalue weighted by atomic mass is 16.1. The van der Waals surface area contributed by atoms with E-state index < -0.39 is 0 Å². The first-order valence-corrected chi connectivity index (χ1v) is 12.6. The molecule has 1 aliphatic heterocycles. The summed E-state index contributed by atoms with van der Waals surface area (Å²) in [5.41, 5.74) is 6.68. The predicted molar refractivity (Wildman–Crippen MR) is 141 cm³/mol. The lowest BCUT2D eigenvalue weighted by molar-refractivity contribution is 0.0944. The van der Waals surface area contributed by atoms with E-state index in [1.165, 1.54) is 27.8 Å². The van der Waals surface area contributed by atoms with Gasteiger partial charge < -0.3 is 5.32 Å². The van der Waals surface area contributed by atoms with Crippen LogP contribution in [0.3, 0.4) is 0 Å². The summed E-state index contributed by atoms with van der Waals surface area (Å²) in [5, 5.41) is 8.40. The molecule has 2 heterocycles. The van der Waals surface area contributed by atoms with E-state index in [0.717, 1.165) is 25.1 Å². The molecule has 0 bridgehead atoms. The lowest BCUT2D eigenvalue weighted by Gasteiger charge is -2.39. The number of nitrogens with one attached hydrogen (secondary N) is 1. The van der Waals surface area contributed by atoms with E-state index in [2.05, 4.69) is 96.2 Å². The molecule has 0 fully saturated rings. The second-order valence-electron chi connectivity index (χ2n) is 10.8. The number of aryl methyl sites for hydroxylation is 3. The highest BCUT2D eigenvalue weighted by Crippen LogP contribution is 2.42. The summed E-state index contributed by atoms with van der Waals surface area (Å²) in [6.07, 6.45) is 5.02. The van der Waals surface area contributed by atoms with E-state index in [-0.39, 0.29) is 22.8 Å². The molecular formula is C30H39N3O. The Morgan fingerprint density at radius 1 is 1.06 bits per heavy atom. The van der Waals surface area contributed by atoms with E-state index in [9.17, 15) is 4.79 Å². The number of carbonyl (C=O) groups is 1. The van der Waals surface area contributed by atoms with E-state index in [0.29, 0.717) is 12.0 Å². The van der Waals surface area contributed by atoms with Gasteiger partial charge in [-0.25, -0.2) is 4.68 Å². The number of anilines is 1. The quantitative estimate of drug-likeness (QED) is 0.375. The van der Waals surface area contributed by atoms with Crippen molar-refractivity contribution in [2.24, 2.45) is 0 Å². The number of fused-ring (bicyclic) bond motifs is 1. The maximum absolute atomic E-state index is 13.8. The summed E-state index contributed by atoms with van der Waals surface area (Å²) in [6, 6.07) is 15.5. The number of ketones is 1. The number of Topliss-reactive ketones (excluding diaryl/α,β-unsaturated/α-hetero) is 1. The molecule has 0 saturated heterocycles. The van der Waals surface area contributed by atoms with Crippen molar-refractivity contribution in [3.8, 4) is 0 Å². The summed E-state index contributed by atoms with van der Waals surface area (Å²) in [5.74, 6) is 1.02. The highest BCUT2D eigenvalue weighted by molar-refractivity contribution is 6.01. The van der Waals surface area contributed by atoms with Gasteiger partial charge in [-0.15, -0.1) is 0 Å². The second-order valence-corrected chi connectivity index (χ2v) is 10.8. The maximum atomic E-state index is 13.8. The molecule has 1 N–H and O–H groups in total. The summed E-state index contributed by atoms with van der Waals surface area (Å²) in [6.45, 7) is 15.2. The molecule has 1 unspecified atom stereocenters. The summed E-state index contributed by atoms with van der Waals surface area (Å²) < 4.78 is 2.02. The standard InChI is InChI=1S/C30H39N3O/c1-8-30(9-2,23-13-10-20(3)11-14-23)18-27(34)25-19-31-33-28(25)32-26(17-29(33,6)7)24-15-12-21(4)16-22(24)5/h10-16,19,26,32H,8-9,17-18H2,1-7H3. The molecule has 34 heavy (non-hydrogen) atoms. The van der Waals surface area contributed by atoms with Gasteiger partial charge in [0, 0.05) is 11.8 Å². The zero-order chi connectivity index (χ0) is 24.7. The van der Waals surface area contributed by atoms with Crippen LogP contribution in [0.5, 0.6) is 0 Å². The molecule has 0 saturated carbocycles.